The van der Waals surface area contributed by atoms with Crippen molar-refractivity contribution in [3.05, 3.63) is 0 Å². The van der Waals surface area contributed by atoms with Crippen molar-refractivity contribution in [1.29, 1.82) is 0 Å². The first kappa shape index (κ1) is 14.7. The second-order valence-electron chi connectivity index (χ2n) is 3.35. The lowest BCUT2D eigenvalue weighted by atomic mass is 9.99. The summed E-state index contributed by atoms with van der Waals surface area (Å²) >= 11 is 0. The van der Waals surface area contributed by atoms with E-state index in [2.05, 4.69) is 5.32 Å². The first-order valence-corrected chi connectivity index (χ1v) is 4.61. The number of hydrogen-bond acceptors (Lipinski definition) is 7. The standard InChI is InChI=1S/C8H19NO6/c1-9-2-4(11)6(13)8(15)7(14)5(12)3-10/h4-15H,2-3H2,1H3. The Labute approximate surface area is 87.6 Å². The van der Waals surface area contributed by atoms with Crippen molar-refractivity contribution in [3.63, 3.8) is 0 Å². The molecular weight excluding hydrogens is 206 g/mol. The zero-order valence-corrected chi connectivity index (χ0v) is 8.48. The highest BCUT2D eigenvalue weighted by atomic mass is 16.4. The zero-order valence-electron chi connectivity index (χ0n) is 8.48. The van der Waals surface area contributed by atoms with E-state index in [1.165, 1.54) is 0 Å². The van der Waals surface area contributed by atoms with E-state index in [-0.39, 0.29) is 6.54 Å². The van der Waals surface area contributed by atoms with E-state index in [0.717, 1.165) is 0 Å². The summed E-state index contributed by atoms with van der Waals surface area (Å²) in [5, 5.41) is 57.2. The highest BCUT2D eigenvalue weighted by molar-refractivity contribution is 4.85. The van der Waals surface area contributed by atoms with Gasteiger partial charge in [-0.25, -0.2) is 0 Å². The van der Waals surface area contributed by atoms with E-state index < -0.39 is 37.1 Å². The summed E-state index contributed by atoms with van der Waals surface area (Å²) in [5.41, 5.74) is 0. The maximum atomic E-state index is 9.34. The van der Waals surface area contributed by atoms with Crippen molar-refractivity contribution in [2.24, 2.45) is 0 Å². The van der Waals surface area contributed by atoms with Gasteiger partial charge in [0, 0.05) is 6.54 Å². The molecule has 0 aromatic heterocycles. The lowest BCUT2D eigenvalue weighted by molar-refractivity contribution is -0.139. The van der Waals surface area contributed by atoms with Gasteiger partial charge in [0.25, 0.3) is 0 Å². The fourth-order valence-electron chi connectivity index (χ4n) is 1.10. The van der Waals surface area contributed by atoms with Gasteiger partial charge in [0.15, 0.2) is 0 Å². The molecule has 7 N–H and O–H groups in total. The SMILES string of the molecule is CNCC(O)C(O)C(O)C(O)C(O)CO. The molecule has 0 saturated heterocycles. The van der Waals surface area contributed by atoms with Crippen LogP contribution in [0.1, 0.15) is 0 Å². The predicted octanol–water partition coefficient (Wildman–Crippen LogP) is -4.00. The number of aliphatic hydroxyl groups excluding tert-OH is 6. The number of likely N-dealkylation sites (N-methyl/N-ethyl adjacent to an activating group) is 1. The first-order chi connectivity index (χ1) is 6.95. The third kappa shape index (κ3) is 4.39. The molecule has 0 rings (SSSR count). The van der Waals surface area contributed by atoms with Gasteiger partial charge >= 0.3 is 0 Å². The van der Waals surface area contributed by atoms with E-state index in [1.807, 2.05) is 0 Å². The molecule has 5 atom stereocenters. The normalized spacial score (nSPS) is 21.8. The summed E-state index contributed by atoms with van der Waals surface area (Å²) in [6, 6.07) is 0. The molecule has 0 saturated carbocycles. The molecule has 0 aromatic rings. The van der Waals surface area contributed by atoms with Crippen LogP contribution < -0.4 is 5.32 Å². The maximum Gasteiger partial charge on any atom is 0.111 e. The van der Waals surface area contributed by atoms with Crippen LogP contribution in [0.25, 0.3) is 0 Å². The minimum Gasteiger partial charge on any atom is -0.394 e. The van der Waals surface area contributed by atoms with E-state index in [1.54, 1.807) is 7.05 Å². The van der Waals surface area contributed by atoms with Crippen LogP contribution in [0.5, 0.6) is 0 Å². The molecule has 0 radical (unpaired) electrons. The third-order valence-electron chi connectivity index (χ3n) is 2.09. The van der Waals surface area contributed by atoms with Gasteiger partial charge in [0.05, 0.1) is 12.7 Å². The van der Waals surface area contributed by atoms with Crippen LogP contribution in [-0.4, -0.2) is 81.4 Å². The van der Waals surface area contributed by atoms with E-state index >= 15 is 0 Å². The third-order valence-corrected chi connectivity index (χ3v) is 2.09. The Morgan fingerprint density at radius 1 is 0.867 bits per heavy atom. The Hall–Kier alpha value is -0.280. The van der Waals surface area contributed by atoms with Gasteiger partial charge in [-0.15, -0.1) is 0 Å². The van der Waals surface area contributed by atoms with Crippen molar-refractivity contribution < 1.29 is 30.6 Å². The zero-order chi connectivity index (χ0) is 12.0. The van der Waals surface area contributed by atoms with Gasteiger partial charge in [0.2, 0.25) is 0 Å². The number of rotatable bonds is 7. The number of hydrogen-bond donors (Lipinski definition) is 7. The average molecular weight is 225 g/mol. The molecule has 5 unspecified atom stereocenters. The second kappa shape index (κ2) is 7.07. The van der Waals surface area contributed by atoms with Crippen molar-refractivity contribution in [1.82, 2.24) is 5.32 Å². The first-order valence-electron chi connectivity index (χ1n) is 4.61. The van der Waals surface area contributed by atoms with Crippen LogP contribution in [0.3, 0.4) is 0 Å². The van der Waals surface area contributed by atoms with E-state index in [9.17, 15) is 20.4 Å². The fourth-order valence-corrected chi connectivity index (χ4v) is 1.10. The molecule has 0 aliphatic heterocycles. The molecule has 0 heterocycles. The minimum absolute atomic E-state index is 0.0279. The van der Waals surface area contributed by atoms with Gasteiger partial charge in [-0.3, -0.25) is 0 Å². The Kier molecular flexibility index (Phi) is 6.94. The lowest BCUT2D eigenvalue weighted by Gasteiger charge is -2.28. The van der Waals surface area contributed by atoms with Gasteiger partial charge in [-0.05, 0) is 7.05 Å². The summed E-state index contributed by atoms with van der Waals surface area (Å²) < 4.78 is 0. The maximum absolute atomic E-state index is 9.34. The van der Waals surface area contributed by atoms with Crippen LogP contribution in [-0.2, 0) is 0 Å². The Morgan fingerprint density at radius 3 is 1.73 bits per heavy atom. The van der Waals surface area contributed by atoms with Crippen LogP contribution in [0, 0.1) is 0 Å². The highest BCUT2D eigenvalue weighted by Gasteiger charge is 2.33. The summed E-state index contributed by atoms with van der Waals surface area (Å²) in [6.45, 7) is -0.715. The molecular formula is C8H19NO6. The van der Waals surface area contributed by atoms with Crippen molar-refractivity contribution >= 4 is 0 Å². The monoisotopic (exact) mass is 225 g/mol. The molecule has 7 heteroatoms. The highest BCUT2D eigenvalue weighted by Crippen LogP contribution is 2.08. The van der Waals surface area contributed by atoms with Crippen molar-refractivity contribution in [3.8, 4) is 0 Å². The summed E-state index contributed by atoms with van der Waals surface area (Å²) in [7, 11) is 1.54. The largest absolute Gasteiger partial charge is 0.394 e. The predicted molar refractivity (Wildman–Crippen MR) is 51.0 cm³/mol. The second-order valence-corrected chi connectivity index (χ2v) is 3.35. The molecule has 92 valence electrons. The Balaban J connectivity index is 4.22. The molecule has 0 amide bonds. The van der Waals surface area contributed by atoms with Gasteiger partial charge in [-0.1, -0.05) is 0 Å². The summed E-state index contributed by atoms with van der Waals surface area (Å²) in [6.07, 6.45) is -7.87. The molecule has 0 aromatic carbocycles. The lowest BCUT2D eigenvalue weighted by Crippen LogP contribution is -2.51. The van der Waals surface area contributed by atoms with Crippen LogP contribution in [0.15, 0.2) is 0 Å². The molecule has 0 spiro atoms. The molecule has 0 aliphatic carbocycles. The smallest absolute Gasteiger partial charge is 0.111 e. The average Bonchev–Trinajstić information content (AvgIpc) is 2.25. The van der Waals surface area contributed by atoms with E-state index in [4.69, 9.17) is 10.2 Å². The van der Waals surface area contributed by atoms with E-state index in [0.29, 0.717) is 0 Å². The topological polar surface area (TPSA) is 133 Å². The molecule has 7 nitrogen and oxygen atoms in total. The number of nitrogens with one attached hydrogen (secondary N) is 1. The van der Waals surface area contributed by atoms with Crippen LogP contribution in [0.2, 0.25) is 0 Å². The van der Waals surface area contributed by atoms with Crippen LogP contribution >= 0.6 is 0 Å². The molecule has 0 bridgehead atoms. The summed E-state index contributed by atoms with van der Waals surface area (Å²) in [4.78, 5) is 0. The van der Waals surface area contributed by atoms with Gasteiger partial charge < -0.3 is 36.0 Å². The fraction of sp³-hybridized carbons (Fsp3) is 1.00. The Bertz CT molecular complexity index is 169. The summed E-state index contributed by atoms with van der Waals surface area (Å²) in [5.74, 6) is 0. The van der Waals surface area contributed by atoms with Crippen molar-refractivity contribution in [2.45, 2.75) is 30.5 Å². The Morgan fingerprint density at radius 2 is 1.33 bits per heavy atom. The molecule has 15 heavy (non-hydrogen) atoms. The minimum atomic E-state index is -1.73. The van der Waals surface area contributed by atoms with Crippen molar-refractivity contribution in [2.75, 3.05) is 20.2 Å². The molecule has 0 fully saturated rings. The molecule has 0 aliphatic rings. The quantitative estimate of drug-likeness (QED) is 0.235. The van der Waals surface area contributed by atoms with Gasteiger partial charge in [-0.2, -0.15) is 0 Å². The number of aliphatic hydroxyl groups is 6. The van der Waals surface area contributed by atoms with Gasteiger partial charge in [0.1, 0.15) is 24.4 Å². The van der Waals surface area contributed by atoms with Crippen LogP contribution in [0.4, 0.5) is 0 Å².